The molecule has 0 fully saturated rings. The summed E-state index contributed by atoms with van der Waals surface area (Å²) < 4.78 is 1.87. The third-order valence-electron chi connectivity index (χ3n) is 3.24. The van der Waals surface area contributed by atoms with Gasteiger partial charge < -0.3 is 10.6 Å². The molecule has 5 nitrogen and oxygen atoms in total. The quantitative estimate of drug-likeness (QED) is 0.608. The summed E-state index contributed by atoms with van der Waals surface area (Å²) in [6.07, 6.45) is 3.10. The van der Waals surface area contributed by atoms with Crippen molar-refractivity contribution in [3.05, 3.63) is 58.0 Å². The number of halogens is 1. The minimum Gasteiger partial charge on any atom is -0.325 e. The lowest BCUT2D eigenvalue weighted by molar-refractivity contribution is -0.114. The fourth-order valence-corrected chi connectivity index (χ4v) is 3.43. The van der Waals surface area contributed by atoms with E-state index in [1.807, 2.05) is 24.3 Å². The number of anilines is 2. The first-order valence-electron chi connectivity index (χ1n) is 7.43. The number of rotatable bonds is 4. The Kier molecular flexibility index (Phi) is 5.25. The molecule has 3 aromatic rings. The molecule has 7 heteroatoms. The molecule has 0 atom stereocenters. The number of carbonyl (C=O) groups is 2. The lowest BCUT2D eigenvalue weighted by Gasteiger charge is -2.10. The van der Waals surface area contributed by atoms with Crippen LogP contribution in [0.2, 0.25) is 0 Å². The Morgan fingerprint density at radius 3 is 2.68 bits per heavy atom. The molecule has 1 aromatic heterocycles. The van der Waals surface area contributed by atoms with Crippen LogP contribution in [0.5, 0.6) is 0 Å². The highest BCUT2D eigenvalue weighted by molar-refractivity contribution is 9.10. The van der Waals surface area contributed by atoms with Gasteiger partial charge in [0.25, 0.3) is 0 Å². The van der Waals surface area contributed by atoms with Crippen LogP contribution in [-0.4, -0.2) is 16.8 Å². The van der Waals surface area contributed by atoms with Gasteiger partial charge in [0.1, 0.15) is 5.01 Å². The van der Waals surface area contributed by atoms with E-state index in [1.54, 1.807) is 24.3 Å². The molecule has 25 heavy (non-hydrogen) atoms. The summed E-state index contributed by atoms with van der Waals surface area (Å²) in [4.78, 5) is 27.9. The Morgan fingerprint density at radius 1 is 1.12 bits per heavy atom. The van der Waals surface area contributed by atoms with Crippen LogP contribution >= 0.6 is 27.3 Å². The van der Waals surface area contributed by atoms with Crippen LogP contribution in [0.15, 0.2) is 53.0 Å². The minimum atomic E-state index is -0.302. The molecule has 0 aliphatic carbocycles. The number of hydrogen-bond donors (Lipinski definition) is 2. The fraction of sp³-hybridized carbons (Fsp3) is 0.0556. The van der Waals surface area contributed by atoms with Gasteiger partial charge in [0.15, 0.2) is 0 Å². The lowest BCUT2D eigenvalue weighted by Crippen LogP contribution is -2.13. The van der Waals surface area contributed by atoms with Gasteiger partial charge in [-0.05, 0) is 36.4 Å². The maximum atomic E-state index is 12.2. The number of benzene rings is 2. The summed E-state index contributed by atoms with van der Waals surface area (Å²) >= 11 is 4.87. The van der Waals surface area contributed by atoms with Crippen molar-refractivity contribution < 1.29 is 9.59 Å². The van der Waals surface area contributed by atoms with E-state index in [-0.39, 0.29) is 11.8 Å². The molecule has 1 heterocycles. The second kappa shape index (κ2) is 7.58. The van der Waals surface area contributed by atoms with Gasteiger partial charge in [-0.2, -0.15) is 0 Å². The van der Waals surface area contributed by atoms with Crippen molar-refractivity contribution in [1.29, 1.82) is 0 Å². The second-order valence-corrected chi connectivity index (χ2v) is 7.19. The van der Waals surface area contributed by atoms with Gasteiger partial charge in [0.05, 0.1) is 21.6 Å². The van der Waals surface area contributed by atoms with Gasteiger partial charge >= 0.3 is 0 Å². The molecule has 126 valence electrons. The molecule has 0 saturated heterocycles. The first-order chi connectivity index (χ1) is 12.0. The van der Waals surface area contributed by atoms with E-state index < -0.39 is 0 Å². The van der Waals surface area contributed by atoms with Crippen molar-refractivity contribution in [3.63, 3.8) is 0 Å². The van der Waals surface area contributed by atoms with Crippen molar-refractivity contribution in [2.24, 2.45) is 0 Å². The minimum absolute atomic E-state index is 0.206. The average molecular weight is 416 g/mol. The largest absolute Gasteiger partial charge is 0.325 e. The molecule has 3 rings (SSSR count). The number of hydrogen-bond acceptors (Lipinski definition) is 4. The molecule has 0 aliphatic rings. The Hall–Kier alpha value is -2.51. The number of amides is 2. The molecule has 0 spiro atoms. The highest BCUT2D eigenvalue weighted by Crippen LogP contribution is 2.26. The van der Waals surface area contributed by atoms with Crippen LogP contribution in [0.4, 0.5) is 11.4 Å². The second-order valence-electron chi connectivity index (χ2n) is 5.21. The standard InChI is InChI=1S/C18H14BrN3O2S/c1-11(23)20-13-7-6-12(19)10-15(13)21-17(24)8-9-18-22-14-4-2-3-5-16(14)25-18/h2-10H,1H3,(H,20,23)(H,21,24)/b9-8+. The van der Waals surface area contributed by atoms with E-state index in [1.165, 1.54) is 24.3 Å². The van der Waals surface area contributed by atoms with Crippen LogP contribution in [0.3, 0.4) is 0 Å². The van der Waals surface area contributed by atoms with Crippen molar-refractivity contribution in [3.8, 4) is 0 Å². The Bertz CT molecular complexity index is 948. The van der Waals surface area contributed by atoms with Crippen LogP contribution in [0.25, 0.3) is 16.3 Å². The normalized spacial score (nSPS) is 11.0. The highest BCUT2D eigenvalue weighted by atomic mass is 79.9. The van der Waals surface area contributed by atoms with E-state index in [0.717, 1.165) is 19.7 Å². The van der Waals surface area contributed by atoms with Gasteiger partial charge in [0.2, 0.25) is 11.8 Å². The molecule has 2 aromatic carbocycles. The van der Waals surface area contributed by atoms with Gasteiger partial charge in [-0.1, -0.05) is 28.1 Å². The molecule has 0 bridgehead atoms. The zero-order valence-corrected chi connectivity index (χ0v) is 15.6. The SMILES string of the molecule is CC(=O)Nc1ccc(Br)cc1NC(=O)/C=C/c1nc2ccccc2s1. The van der Waals surface area contributed by atoms with Crippen molar-refractivity contribution in [2.75, 3.05) is 10.6 Å². The Balaban J connectivity index is 1.75. The third-order valence-corrected chi connectivity index (χ3v) is 4.73. The van der Waals surface area contributed by atoms with E-state index in [2.05, 4.69) is 31.5 Å². The van der Waals surface area contributed by atoms with E-state index in [4.69, 9.17) is 0 Å². The smallest absolute Gasteiger partial charge is 0.248 e. The third kappa shape index (κ3) is 4.52. The average Bonchev–Trinajstić information content (AvgIpc) is 2.98. The van der Waals surface area contributed by atoms with Gasteiger partial charge in [-0.15, -0.1) is 11.3 Å². The molecule has 0 saturated carbocycles. The van der Waals surface area contributed by atoms with Crippen LogP contribution in [-0.2, 0) is 9.59 Å². The van der Waals surface area contributed by atoms with Gasteiger partial charge in [-0.3, -0.25) is 9.59 Å². The zero-order valence-electron chi connectivity index (χ0n) is 13.2. The molecule has 2 N–H and O–H groups in total. The molecule has 2 amide bonds. The van der Waals surface area contributed by atoms with Gasteiger partial charge in [-0.25, -0.2) is 4.98 Å². The van der Waals surface area contributed by atoms with Crippen LogP contribution in [0, 0.1) is 0 Å². The number of fused-ring (bicyclic) bond motifs is 1. The van der Waals surface area contributed by atoms with Crippen LogP contribution in [0.1, 0.15) is 11.9 Å². The summed E-state index contributed by atoms with van der Waals surface area (Å²) in [5.41, 5.74) is 1.97. The van der Waals surface area contributed by atoms with Crippen molar-refractivity contribution >= 4 is 66.7 Å². The summed E-state index contributed by atoms with van der Waals surface area (Å²) in [5, 5.41) is 6.21. The van der Waals surface area contributed by atoms with E-state index in [9.17, 15) is 9.59 Å². The number of nitrogens with zero attached hydrogens (tertiary/aromatic N) is 1. The fourth-order valence-electron chi connectivity index (χ4n) is 2.20. The van der Waals surface area contributed by atoms with Gasteiger partial charge in [0, 0.05) is 17.5 Å². The Labute approximate surface area is 156 Å². The molecular formula is C18H14BrN3O2S. The predicted octanol–water partition coefficient (Wildman–Crippen LogP) is 4.67. The maximum absolute atomic E-state index is 12.2. The number of carbonyl (C=O) groups excluding carboxylic acids is 2. The summed E-state index contributed by atoms with van der Waals surface area (Å²) in [5.74, 6) is -0.508. The number of aromatic nitrogens is 1. The van der Waals surface area contributed by atoms with E-state index >= 15 is 0 Å². The number of nitrogens with one attached hydrogen (secondary N) is 2. The first-order valence-corrected chi connectivity index (χ1v) is 9.04. The molecule has 0 unspecified atom stereocenters. The van der Waals surface area contributed by atoms with E-state index in [0.29, 0.717) is 11.4 Å². The molecule has 0 radical (unpaired) electrons. The summed E-state index contributed by atoms with van der Waals surface area (Å²) in [7, 11) is 0. The first kappa shape index (κ1) is 17.3. The van der Waals surface area contributed by atoms with Crippen molar-refractivity contribution in [1.82, 2.24) is 4.98 Å². The van der Waals surface area contributed by atoms with Crippen molar-refractivity contribution in [2.45, 2.75) is 6.92 Å². The summed E-state index contributed by atoms with van der Waals surface area (Å²) in [6.45, 7) is 1.42. The Morgan fingerprint density at radius 2 is 1.92 bits per heavy atom. The molecular weight excluding hydrogens is 402 g/mol. The topological polar surface area (TPSA) is 71.1 Å². The number of para-hydroxylation sites is 1. The molecule has 0 aliphatic heterocycles. The zero-order chi connectivity index (χ0) is 17.8. The monoisotopic (exact) mass is 415 g/mol. The predicted molar refractivity (Wildman–Crippen MR) is 106 cm³/mol. The summed E-state index contributed by atoms with van der Waals surface area (Å²) in [6, 6.07) is 13.1. The maximum Gasteiger partial charge on any atom is 0.248 e. The highest BCUT2D eigenvalue weighted by Gasteiger charge is 2.08. The number of thiazole rings is 1. The lowest BCUT2D eigenvalue weighted by atomic mass is 10.2. The van der Waals surface area contributed by atoms with Crippen LogP contribution < -0.4 is 10.6 Å².